The second-order valence-electron chi connectivity index (χ2n) is 4.67. The van der Waals surface area contributed by atoms with E-state index in [2.05, 4.69) is 5.32 Å². The van der Waals surface area contributed by atoms with Crippen LogP contribution in [0.3, 0.4) is 0 Å². The zero-order chi connectivity index (χ0) is 13.3. The van der Waals surface area contributed by atoms with Gasteiger partial charge in [0.25, 0.3) is 15.0 Å². The minimum Gasteiger partial charge on any atom is -0.347 e. The van der Waals surface area contributed by atoms with Gasteiger partial charge < -0.3 is 5.32 Å². The van der Waals surface area contributed by atoms with Gasteiger partial charge in [-0.05, 0) is 39.0 Å². The number of nitrogens with one attached hydrogen (secondary N) is 1. The Kier molecular flexibility index (Phi) is 3.84. The summed E-state index contributed by atoms with van der Waals surface area (Å²) in [5.41, 5.74) is -0.117. The molecule has 94 valence electrons. The van der Waals surface area contributed by atoms with E-state index in [9.17, 15) is 13.2 Å². The van der Waals surface area contributed by atoms with Crippen molar-refractivity contribution >= 4 is 25.6 Å². The predicted octanol–water partition coefficient (Wildman–Crippen LogP) is 2.14. The zero-order valence-electron chi connectivity index (χ0n) is 9.82. The molecule has 4 nitrogen and oxygen atoms in total. The SMILES string of the molecule is CC(C)(C)NC(=O)c1cccc(S(=O)(=O)Cl)c1. The minimum absolute atomic E-state index is 0.0827. The number of hydrogen-bond acceptors (Lipinski definition) is 3. The number of amides is 1. The van der Waals surface area contributed by atoms with Gasteiger partial charge in [-0.3, -0.25) is 4.79 Å². The van der Waals surface area contributed by atoms with Crippen molar-refractivity contribution in [1.82, 2.24) is 5.32 Å². The van der Waals surface area contributed by atoms with Crippen LogP contribution in [0.1, 0.15) is 31.1 Å². The number of hydrogen-bond donors (Lipinski definition) is 1. The molecular weight excluding hydrogens is 262 g/mol. The lowest BCUT2D eigenvalue weighted by Crippen LogP contribution is -2.40. The maximum absolute atomic E-state index is 11.8. The Morgan fingerprint density at radius 3 is 2.35 bits per heavy atom. The van der Waals surface area contributed by atoms with E-state index in [4.69, 9.17) is 10.7 Å². The molecular formula is C11H14ClNO3S. The molecule has 0 saturated carbocycles. The summed E-state index contributed by atoms with van der Waals surface area (Å²) >= 11 is 0. The third kappa shape index (κ3) is 4.36. The molecule has 0 spiro atoms. The van der Waals surface area contributed by atoms with Gasteiger partial charge in [0.15, 0.2) is 0 Å². The van der Waals surface area contributed by atoms with Gasteiger partial charge in [0.05, 0.1) is 4.90 Å². The highest BCUT2D eigenvalue weighted by atomic mass is 35.7. The second kappa shape index (κ2) is 4.66. The Morgan fingerprint density at radius 1 is 1.29 bits per heavy atom. The van der Waals surface area contributed by atoms with E-state index in [1.165, 1.54) is 24.3 Å². The van der Waals surface area contributed by atoms with Gasteiger partial charge in [0, 0.05) is 21.8 Å². The van der Waals surface area contributed by atoms with E-state index < -0.39 is 9.05 Å². The molecule has 1 N–H and O–H groups in total. The number of benzene rings is 1. The average molecular weight is 276 g/mol. The van der Waals surface area contributed by atoms with Crippen molar-refractivity contribution in [2.24, 2.45) is 0 Å². The Hall–Kier alpha value is -1.07. The molecule has 0 aliphatic rings. The Labute approximate surface area is 105 Å². The summed E-state index contributed by atoms with van der Waals surface area (Å²) in [5, 5.41) is 2.74. The summed E-state index contributed by atoms with van der Waals surface area (Å²) in [6.07, 6.45) is 0. The highest BCUT2D eigenvalue weighted by Crippen LogP contribution is 2.16. The van der Waals surface area contributed by atoms with Crippen LogP contribution >= 0.6 is 10.7 Å². The molecule has 0 heterocycles. The summed E-state index contributed by atoms with van der Waals surface area (Å²) in [4.78, 5) is 11.7. The van der Waals surface area contributed by atoms with Crippen molar-refractivity contribution in [3.05, 3.63) is 29.8 Å². The third-order valence-electron chi connectivity index (χ3n) is 1.87. The monoisotopic (exact) mass is 275 g/mol. The summed E-state index contributed by atoms with van der Waals surface area (Å²) in [5.74, 6) is -0.334. The summed E-state index contributed by atoms with van der Waals surface area (Å²) < 4.78 is 22.3. The molecule has 0 atom stereocenters. The summed E-state index contributed by atoms with van der Waals surface area (Å²) in [7, 11) is 1.40. The van der Waals surface area contributed by atoms with Crippen LogP contribution in [-0.2, 0) is 9.05 Å². The average Bonchev–Trinajstić information content (AvgIpc) is 2.14. The van der Waals surface area contributed by atoms with Crippen LogP contribution in [0.4, 0.5) is 0 Å². The molecule has 0 saturated heterocycles. The van der Waals surface area contributed by atoms with Gasteiger partial charge in [0.2, 0.25) is 0 Å². The first kappa shape index (κ1) is 14.0. The van der Waals surface area contributed by atoms with E-state index in [1.54, 1.807) is 0 Å². The van der Waals surface area contributed by atoms with Gasteiger partial charge >= 0.3 is 0 Å². The zero-order valence-corrected chi connectivity index (χ0v) is 11.4. The molecule has 0 bridgehead atoms. The quantitative estimate of drug-likeness (QED) is 0.841. The molecule has 1 rings (SSSR count). The van der Waals surface area contributed by atoms with Crippen LogP contribution in [-0.4, -0.2) is 19.9 Å². The summed E-state index contributed by atoms with van der Waals surface area (Å²) in [6, 6.07) is 5.61. The molecule has 0 fully saturated rings. The van der Waals surface area contributed by atoms with Crippen molar-refractivity contribution in [3.63, 3.8) is 0 Å². The maximum atomic E-state index is 11.8. The molecule has 6 heteroatoms. The highest BCUT2D eigenvalue weighted by molar-refractivity contribution is 8.13. The largest absolute Gasteiger partial charge is 0.347 e. The van der Waals surface area contributed by atoms with Crippen molar-refractivity contribution in [1.29, 1.82) is 0 Å². The van der Waals surface area contributed by atoms with Crippen LogP contribution in [0.15, 0.2) is 29.2 Å². The lowest BCUT2D eigenvalue weighted by molar-refractivity contribution is 0.0919. The fourth-order valence-corrected chi connectivity index (χ4v) is 2.00. The molecule has 0 aromatic heterocycles. The topological polar surface area (TPSA) is 63.2 Å². The van der Waals surface area contributed by atoms with Crippen LogP contribution in [0, 0.1) is 0 Å². The van der Waals surface area contributed by atoms with Gasteiger partial charge in [-0.2, -0.15) is 0 Å². The highest BCUT2D eigenvalue weighted by Gasteiger charge is 2.17. The second-order valence-corrected chi connectivity index (χ2v) is 7.24. The number of carbonyl (C=O) groups is 1. The van der Waals surface area contributed by atoms with E-state index in [-0.39, 0.29) is 21.9 Å². The lowest BCUT2D eigenvalue weighted by atomic mass is 10.1. The first-order valence-electron chi connectivity index (χ1n) is 4.97. The standard InChI is InChI=1S/C11H14ClNO3S/c1-11(2,3)13-10(14)8-5-4-6-9(7-8)17(12,15)16/h4-7H,1-3H3,(H,13,14). The smallest absolute Gasteiger partial charge is 0.261 e. The number of carbonyl (C=O) groups excluding carboxylic acids is 1. The van der Waals surface area contributed by atoms with Crippen molar-refractivity contribution in [2.75, 3.05) is 0 Å². The van der Waals surface area contributed by atoms with Crippen molar-refractivity contribution in [2.45, 2.75) is 31.2 Å². The number of rotatable bonds is 2. The van der Waals surface area contributed by atoms with Gasteiger partial charge in [-0.1, -0.05) is 6.07 Å². The minimum atomic E-state index is -3.81. The Bertz CT molecular complexity index is 532. The molecule has 1 aromatic rings. The molecule has 0 aliphatic carbocycles. The van der Waals surface area contributed by atoms with E-state index in [0.717, 1.165) is 0 Å². The number of halogens is 1. The van der Waals surface area contributed by atoms with Gasteiger partial charge in [-0.25, -0.2) is 8.42 Å². The maximum Gasteiger partial charge on any atom is 0.261 e. The third-order valence-corrected chi connectivity index (χ3v) is 3.22. The van der Waals surface area contributed by atoms with Crippen LogP contribution in [0.2, 0.25) is 0 Å². The predicted molar refractivity (Wildman–Crippen MR) is 66.7 cm³/mol. The first-order chi connectivity index (χ1) is 7.59. The summed E-state index contributed by atoms with van der Waals surface area (Å²) in [6.45, 7) is 5.52. The Balaban J connectivity index is 3.05. The fraction of sp³-hybridized carbons (Fsp3) is 0.364. The van der Waals surface area contributed by atoms with Gasteiger partial charge in [0.1, 0.15) is 0 Å². The molecule has 0 radical (unpaired) electrons. The van der Waals surface area contributed by atoms with E-state index >= 15 is 0 Å². The van der Waals surface area contributed by atoms with Crippen LogP contribution in [0.25, 0.3) is 0 Å². The van der Waals surface area contributed by atoms with Crippen molar-refractivity contribution < 1.29 is 13.2 Å². The van der Waals surface area contributed by atoms with E-state index in [0.29, 0.717) is 0 Å². The Morgan fingerprint density at radius 2 is 1.88 bits per heavy atom. The fourth-order valence-electron chi connectivity index (χ4n) is 1.20. The van der Waals surface area contributed by atoms with Crippen molar-refractivity contribution in [3.8, 4) is 0 Å². The molecule has 0 unspecified atom stereocenters. The molecule has 1 amide bonds. The van der Waals surface area contributed by atoms with Crippen LogP contribution in [0.5, 0.6) is 0 Å². The van der Waals surface area contributed by atoms with E-state index in [1.807, 2.05) is 20.8 Å². The molecule has 0 aliphatic heterocycles. The van der Waals surface area contributed by atoms with Gasteiger partial charge in [-0.15, -0.1) is 0 Å². The first-order valence-corrected chi connectivity index (χ1v) is 7.28. The molecule has 17 heavy (non-hydrogen) atoms. The molecule has 1 aromatic carbocycles. The van der Waals surface area contributed by atoms with Crippen LogP contribution < -0.4 is 5.32 Å². The lowest BCUT2D eigenvalue weighted by Gasteiger charge is -2.20. The normalized spacial score (nSPS) is 12.2.